The van der Waals surface area contributed by atoms with Crippen molar-refractivity contribution < 1.29 is 22.6 Å². The summed E-state index contributed by atoms with van der Waals surface area (Å²) in [6, 6.07) is 3.12. The average Bonchev–Trinajstić information content (AvgIpc) is 2.69. The number of benzene rings is 1. The largest absolute Gasteiger partial charge is 0.498 e. The van der Waals surface area contributed by atoms with Crippen LogP contribution in [0.5, 0.6) is 5.75 Å². The maximum atomic E-state index is 14.3. The van der Waals surface area contributed by atoms with E-state index in [0.29, 0.717) is 23.7 Å². The topological polar surface area (TPSA) is 18.5 Å². The van der Waals surface area contributed by atoms with Crippen molar-refractivity contribution in [3.05, 3.63) is 65.0 Å². The molecule has 0 aliphatic heterocycles. The lowest BCUT2D eigenvalue weighted by atomic mass is 9.78. The highest BCUT2D eigenvalue weighted by Crippen LogP contribution is 2.39. The summed E-state index contributed by atoms with van der Waals surface area (Å²) < 4.78 is 51.9. The molecule has 1 unspecified atom stereocenters. The van der Waals surface area contributed by atoms with Crippen LogP contribution >= 0.6 is 0 Å². The van der Waals surface area contributed by atoms with Crippen LogP contribution in [0.3, 0.4) is 0 Å². The van der Waals surface area contributed by atoms with Gasteiger partial charge >= 0.3 is 0 Å². The van der Waals surface area contributed by atoms with Crippen LogP contribution in [0.1, 0.15) is 43.6 Å². The summed E-state index contributed by atoms with van der Waals surface area (Å²) in [7, 11) is 2.80. The Bertz CT molecular complexity index is 759. The molecule has 0 amide bonds. The van der Waals surface area contributed by atoms with E-state index in [-0.39, 0.29) is 11.7 Å². The SMILES string of the molecule is COC1=CC=C(/C=C/C2CCC(c3ccc(OC)c(F)c3F)CC2)CC1F. The Labute approximate surface area is 158 Å². The quantitative estimate of drug-likeness (QED) is 0.625. The molecule has 0 bridgehead atoms. The van der Waals surface area contributed by atoms with Crippen LogP contribution in [0, 0.1) is 17.6 Å². The number of allylic oxidation sites excluding steroid dienone is 6. The first-order valence-corrected chi connectivity index (χ1v) is 9.32. The lowest BCUT2D eigenvalue weighted by Gasteiger charge is -2.27. The van der Waals surface area contributed by atoms with Gasteiger partial charge in [0.2, 0.25) is 5.82 Å². The Morgan fingerprint density at radius 2 is 1.70 bits per heavy atom. The van der Waals surface area contributed by atoms with Gasteiger partial charge in [-0.25, -0.2) is 8.78 Å². The van der Waals surface area contributed by atoms with E-state index in [1.54, 1.807) is 12.1 Å². The molecule has 1 fully saturated rings. The van der Waals surface area contributed by atoms with Gasteiger partial charge in [-0.3, -0.25) is 0 Å². The molecular formula is C22H25F3O2. The molecule has 2 nitrogen and oxygen atoms in total. The third-order valence-electron chi connectivity index (χ3n) is 5.51. The van der Waals surface area contributed by atoms with Crippen LogP contribution in [-0.2, 0) is 4.74 Å². The number of methoxy groups -OCH3 is 2. The molecule has 0 saturated heterocycles. The van der Waals surface area contributed by atoms with Gasteiger partial charge in [0.15, 0.2) is 17.7 Å². The van der Waals surface area contributed by atoms with E-state index in [1.807, 2.05) is 12.2 Å². The van der Waals surface area contributed by atoms with E-state index < -0.39 is 17.8 Å². The molecule has 2 aliphatic rings. The number of ether oxygens (including phenoxy) is 2. The van der Waals surface area contributed by atoms with Gasteiger partial charge in [-0.15, -0.1) is 0 Å². The van der Waals surface area contributed by atoms with Crippen LogP contribution in [0.15, 0.2) is 47.8 Å². The summed E-state index contributed by atoms with van der Waals surface area (Å²) in [4.78, 5) is 0. The molecule has 27 heavy (non-hydrogen) atoms. The van der Waals surface area contributed by atoms with Crippen molar-refractivity contribution in [1.82, 2.24) is 0 Å². The van der Waals surface area contributed by atoms with Crippen LogP contribution < -0.4 is 4.74 Å². The van der Waals surface area contributed by atoms with Gasteiger partial charge in [0.25, 0.3) is 0 Å². The van der Waals surface area contributed by atoms with Crippen LogP contribution in [0.4, 0.5) is 13.2 Å². The molecule has 3 rings (SSSR count). The van der Waals surface area contributed by atoms with Crippen LogP contribution in [0.25, 0.3) is 0 Å². The monoisotopic (exact) mass is 378 g/mol. The molecule has 1 aromatic carbocycles. The Morgan fingerprint density at radius 3 is 2.33 bits per heavy atom. The average molecular weight is 378 g/mol. The van der Waals surface area contributed by atoms with E-state index in [1.165, 1.54) is 20.3 Å². The fourth-order valence-electron chi connectivity index (χ4n) is 3.89. The first-order valence-electron chi connectivity index (χ1n) is 9.32. The maximum absolute atomic E-state index is 14.3. The van der Waals surface area contributed by atoms with Gasteiger partial charge in [0, 0.05) is 6.42 Å². The third-order valence-corrected chi connectivity index (χ3v) is 5.51. The van der Waals surface area contributed by atoms with Gasteiger partial charge in [0.1, 0.15) is 5.76 Å². The minimum atomic E-state index is -1.09. The Hall–Kier alpha value is -2.17. The molecule has 0 spiro atoms. The highest BCUT2D eigenvalue weighted by atomic mass is 19.2. The molecule has 146 valence electrons. The number of halogens is 3. The third kappa shape index (κ3) is 4.40. The summed E-state index contributed by atoms with van der Waals surface area (Å²) in [5.41, 5.74) is 1.37. The van der Waals surface area contributed by atoms with Crippen molar-refractivity contribution in [2.75, 3.05) is 14.2 Å². The fourth-order valence-corrected chi connectivity index (χ4v) is 3.89. The Morgan fingerprint density at radius 1 is 0.963 bits per heavy atom. The number of hydrogen-bond donors (Lipinski definition) is 0. The normalized spacial score (nSPS) is 25.9. The molecule has 2 aliphatic carbocycles. The summed E-state index contributed by atoms with van der Waals surface area (Å²) in [6.45, 7) is 0. The standard InChI is InChI=1S/C22H25F3O2/c1-26-19-11-7-15(13-18(19)23)4-3-14-5-8-16(9-6-14)17-10-12-20(27-2)22(25)21(17)24/h3-4,7,10-12,14,16,18H,5-6,8-9,13H2,1-2H3/b4-3+. The lowest BCUT2D eigenvalue weighted by Crippen LogP contribution is -2.14. The smallest absolute Gasteiger partial charge is 0.200 e. The van der Waals surface area contributed by atoms with Crippen molar-refractivity contribution in [2.24, 2.45) is 5.92 Å². The van der Waals surface area contributed by atoms with Gasteiger partial charge < -0.3 is 9.47 Å². The predicted molar refractivity (Wildman–Crippen MR) is 99.4 cm³/mol. The van der Waals surface area contributed by atoms with E-state index in [2.05, 4.69) is 6.08 Å². The molecular weight excluding hydrogens is 353 g/mol. The van der Waals surface area contributed by atoms with E-state index in [0.717, 1.165) is 31.3 Å². The molecule has 5 heteroatoms. The fraction of sp³-hybridized carbons (Fsp3) is 0.455. The van der Waals surface area contributed by atoms with Gasteiger partial charge in [-0.1, -0.05) is 24.3 Å². The molecule has 0 heterocycles. The summed E-state index contributed by atoms with van der Waals surface area (Å²) in [5.74, 6) is -1.02. The summed E-state index contributed by atoms with van der Waals surface area (Å²) in [6.07, 6.45) is 10.3. The van der Waals surface area contributed by atoms with Crippen molar-refractivity contribution in [3.8, 4) is 5.75 Å². The van der Waals surface area contributed by atoms with E-state index in [9.17, 15) is 13.2 Å². The first kappa shape index (κ1) is 19.6. The van der Waals surface area contributed by atoms with Crippen molar-refractivity contribution >= 4 is 0 Å². The number of alkyl halides is 1. The molecule has 1 saturated carbocycles. The van der Waals surface area contributed by atoms with E-state index >= 15 is 0 Å². The maximum Gasteiger partial charge on any atom is 0.200 e. The summed E-state index contributed by atoms with van der Waals surface area (Å²) >= 11 is 0. The van der Waals surface area contributed by atoms with Gasteiger partial charge in [0.05, 0.1) is 14.2 Å². The second-order valence-corrected chi connectivity index (χ2v) is 7.14. The zero-order valence-electron chi connectivity index (χ0n) is 15.7. The first-order chi connectivity index (χ1) is 13.0. The Kier molecular flexibility index (Phi) is 6.30. The molecule has 1 aromatic rings. The van der Waals surface area contributed by atoms with Crippen LogP contribution in [-0.4, -0.2) is 20.4 Å². The highest BCUT2D eigenvalue weighted by Gasteiger charge is 2.26. The minimum absolute atomic E-state index is 0.0198. The van der Waals surface area contributed by atoms with E-state index in [4.69, 9.17) is 9.47 Å². The predicted octanol–water partition coefficient (Wildman–Crippen LogP) is 6.00. The van der Waals surface area contributed by atoms with Crippen molar-refractivity contribution in [2.45, 2.75) is 44.2 Å². The Balaban J connectivity index is 1.59. The van der Waals surface area contributed by atoms with Gasteiger partial charge in [-0.05, 0) is 60.8 Å². The van der Waals surface area contributed by atoms with Crippen LogP contribution in [0.2, 0.25) is 0 Å². The second-order valence-electron chi connectivity index (χ2n) is 7.14. The molecule has 0 N–H and O–H groups in total. The van der Waals surface area contributed by atoms with Gasteiger partial charge in [-0.2, -0.15) is 4.39 Å². The number of hydrogen-bond acceptors (Lipinski definition) is 2. The lowest BCUT2D eigenvalue weighted by molar-refractivity contribution is 0.201. The highest BCUT2D eigenvalue weighted by molar-refractivity contribution is 5.34. The zero-order valence-corrected chi connectivity index (χ0v) is 15.7. The zero-order chi connectivity index (χ0) is 19.4. The summed E-state index contributed by atoms with van der Waals surface area (Å²) in [5, 5.41) is 0. The minimum Gasteiger partial charge on any atom is -0.498 e. The van der Waals surface area contributed by atoms with Crippen molar-refractivity contribution in [3.63, 3.8) is 0 Å². The molecule has 0 radical (unpaired) electrons. The molecule has 1 atom stereocenters. The van der Waals surface area contributed by atoms with Crippen molar-refractivity contribution in [1.29, 1.82) is 0 Å². The number of rotatable bonds is 5. The second kappa shape index (κ2) is 8.68. The molecule has 0 aromatic heterocycles.